The van der Waals surface area contributed by atoms with Crippen LogP contribution < -0.4 is 5.73 Å². The number of hydrogen-bond donors (Lipinski definition) is 1. The number of aromatic nitrogens is 2. The fourth-order valence-corrected chi connectivity index (χ4v) is 4.19. The summed E-state index contributed by atoms with van der Waals surface area (Å²) in [5.41, 5.74) is 10.6. The van der Waals surface area contributed by atoms with Crippen LogP contribution in [0, 0.1) is 0 Å². The van der Waals surface area contributed by atoms with Crippen LogP contribution in [0.4, 0.5) is 0 Å². The third-order valence-corrected chi connectivity index (χ3v) is 5.33. The Morgan fingerprint density at radius 1 is 1.33 bits per heavy atom. The maximum absolute atomic E-state index is 6.50. The van der Waals surface area contributed by atoms with E-state index >= 15 is 0 Å². The first-order valence-corrected chi connectivity index (χ1v) is 8.59. The van der Waals surface area contributed by atoms with Gasteiger partial charge in [-0.15, -0.1) is 5.10 Å². The molecule has 3 rings (SSSR count). The van der Waals surface area contributed by atoms with Gasteiger partial charge in [0, 0.05) is 6.04 Å². The zero-order valence-corrected chi connectivity index (χ0v) is 13.6. The number of fused-ring (bicyclic) bond motifs is 1. The van der Waals surface area contributed by atoms with Gasteiger partial charge in [0.1, 0.15) is 0 Å². The molecule has 0 amide bonds. The molecule has 4 heteroatoms. The molecule has 1 aliphatic rings. The Bertz CT molecular complexity index is 606. The van der Waals surface area contributed by atoms with Crippen molar-refractivity contribution in [2.75, 3.05) is 0 Å². The summed E-state index contributed by atoms with van der Waals surface area (Å²) in [4.78, 5) is 1.17. The average molecular weight is 301 g/mol. The Hall–Kier alpha value is -1.26. The monoisotopic (exact) mass is 301 g/mol. The van der Waals surface area contributed by atoms with Crippen molar-refractivity contribution in [3.63, 3.8) is 0 Å². The minimum atomic E-state index is 0.0542. The molecule has 112 valence electrons. The molecule has 2 aromatic rings. The second-order valence-corrected chi connectivity index (χ2v) is 7.09. The summed E-state index contributed by atoms with van der Waals surface area (Å²) in [5, 5.41) is 4.26. The molecule has 0 saturated carbocycles. The van der Waals surface area contributed by atoms with Gasteiger partial charge in [-0.05, 0) is 60.2 Å². The van der Waals surface area contributed by atoms with E-state index in [-0.39, 0.29) is 6.04 Å². The van der Waals surface area contributed by atoms with Crippen molar-refractivity contribution in [1.29, 1.82) is 0 Å². The fourth-order valence-electron chi connectivity index (χ4n) is 3.37. The van der Waals surface area contributed by atoms with E-state index in [1.54, 1.807) is 0 Å². The van der Waals surface area contributed by atoms with E-state index in [9.17, 15) is 0 Å². The van der Waals surface area contributed by atoms with Gasteiger partial charge >= 0.3 is 0 Å². The number of rotatable bonds is 4. The van der Waals surface area contributed by atoms with Crippen LogP contribution in [-0.2, 0) is 6.42 Å². The van der Waals surface area contributed by atoms with E-state index in [1.165, 1.54) is 46.8 Å². The van der Waals surface area contributed by atoms with Gasteiger partial charge < -0.3 is 5.73 Å². The molecule has 0 spiro atoms. The molecule has 1 heterocycles. The maximum atomic E-state index is 6.50. The van der Waals surface area contributed by atoms with Gasteiger partial charge in [-0.2, -0.15) is 0 Å². The Morgan fingerprint density at radius 2 is 2.14 bits per heavy atom. The molecule has 2 unspecified atom stereocenters. The highest BCUT2D eigenvalue weighted by Gasteiger charge is 2.25. The Kier molecular flexibility index (Phi) is 4.36. The highest BCUT2D eigenvalue weighted by Crippen LogP contribution is 2.38. The van der Waals surface area contributed by atoms with Crippen molar-refractivity contribution >= 4 is 11.5 Å². The van der Waals surface area contributed by atoms with Gasteiger partial charge in [0.2, 0.25) is 0 Å². The predicted octanol–water partition coefficient (Wildman–Crippen LogP) is 4.17. The summed E-state index contributed by atoms with van der Waals surface area (Å²) >= 11 is 1.47. The molecular formula is C17H23N3S. The van der Waals surface area contributed by atoms with Gasteiger partial charge in [-0.25, -0.2) is 0 Å². The number of nitrogens with two attached hydrogens (primary N) is 1. The summed E-state index contributed by atoms with van der Waals surface area (Å²) in [7, 11) is 0. The predicted molar refractivity (Wildman–Crippen MR) is 87.7 cm³/mol. The zero-order chi connectivity index (χ0) is 14.8. The molecule has 0 radical (unpaired) electrons. The number of hydrogen-bond acceptors (Lipinski definition) is 4. The van der Waals surface area contributed by atoms with Crippen LogP contribution >= 0.6 is 11.5 Å². The number of benzene rings is 1. The molecule has 3 nitrogen and oxygen atoms in total. The van der Waals surface area contributed by atoms with E-state index in [0.717, 1.165) is 12.1 Å². The van der Waals surface area contributed by atoms with Crippen LogP contribution in [-0.4, -0.2) is 9.59 Å². The van der Waals surface area contributed by atoms with Gasteiger partial charge in [0.25, 0.3) is 0 Å². The van der Waals surface area contributed by atoms with Crippen LogP contribution in [0.5, 0.6) is 0 Å². The van der Waals surface area contributed by atoms with Crippen molar-refractivity contribution in [2.45, 2.75) is 57.4 Å². The normalized spacial score (nSPS) is 19.5. The molecule has 21 heavy (non-hydrogen) atoms. The summed E-state index contributed by atoms with van der Waals surface area (Å²) in [6, 6.07) is 8.89. The summed E-state index contributed by atoms with van der Waals surface area (Å²) in [5.74, 6) is 0.968. The first-order chi connectivity index (χ1) is 10.2. The van der Waals surface area contributed by atoms with Crippen molar-refractivity contribution < 1.29 is 0 Å². The van der Waals surface area contributed by atoms with Crippen molar-refractivity contribution in [3.8, 4) is 0 Å². The molecule has 0 fully saturated rings. The fraction of sp³-hybridized carbons (Fsp3) is 0.529. The van der Waals surface area contributed by atoms with Gasteiger partial charge in [-0.3, -0.25) is 0 Å². The van der Waals surface area contributed by atoms with Crippen LogP contribution in [0.25, 0.3) is 0 Å². The molecule has 1 aliphatic carbocycles. The topological polar surface area (TPSA) is 51.8 Å². The third kappa shape index (κ3) is 3.01. The summed E-state index contributed by atoms with van der Waals surface area (Å²) in [6.45, 7) is 4.31. The second-order valence-electron chi connectivity index (χ2n) is 6.31. The lowest BCUT2D eigenvalue weighted by Crippen LogP contribution is -2.18. The largest absolute Gasteiger partial charge is 0.323 e. The highest BCUT2D eigenvalue weighted by atomic mass is 32.1. The van der Waals surface area contributed by atoms with Crippen molar-refractivity contribution in [3.05, 3.63) is 46.0 Å². The van der Waals surface area contributed by atoms with E-state index in [2.05, 4.69) is 47.7 Å². The lowest BCUT2D eigenvalue weighted by atomic mass is 9.79. The van der Waals surface area contributed by atoms with Gasteiger partial charge in [-0.1, -0.05) is 42.6 Å². The smallest absolute Gasteiger partial charge is 0.0828 e. The Morgan fingerprint density at radius 3 is 2.95 bits per heavy atom. The number of aryl methyl sites for hydroxylation is 1. The van der Waals surface area contributed by atoms with Crippen LogP contribution in [0.1, 0.15) is 72.7 Å². The molecule has 0 bridgehead atoms. The van der Waals surface area contributed by atoms with Crippen LogP contribution in [0.2, 0.25) is 0 Å². The molecular weight excluding hydrogens is 278 g/mol. The van der Waals surface area contributed by atoms with Gasteiger partial charge in [0.15, 0.2) is 0 Å². The van der Waals surface area contributed by atoms with Crippen molar-refractivity contribution in [2.24, 2.45) is 5.73 Å². The molecule has 1 aromatic heterocycles. The quantitative estimate of drug-likeness (QED) is 0.922. The van der Waals surface area contributed by atoms with Crippen LogP contribution in [0.3, 0.4) is 0 Å². The van der Waals surface area contributed by atoms with E-state index in [1.807, 2.05) is 0 Å². The maximum Gasteiger partial charge on any atom is 0.0828 e. The third-order valence-electron chi connectivity index (χ3n) is 4.46. The Balaban J connectivity index is 1.79. The van der Waals surface area contributed by atoms with Crippen LogP contribution in [0.15, 0.2) is 24.3 Å². The SMILES string of the molecule is CC(C)c1nnsc1C(N)CC1CCCc2ccccc21. The Labute approximate surface area is 130 Å². The minimum Gasteiger partial charge on any atom is -0.323 e. The molecule has 0 aliphatic heterocycles. The average Bonchev–Trinajstić information content (AvgIpc) is 2.97. The number of nitrogens with zero attached hydrogens (tertiary/aromatic N) is 2. The lowest BCUT2D eigenvalue weighted by molar-refractivity contribution is 0.477. The van der Waals surface area contributed by atoms with Crippen molar-refractivity contribution in [1.82, 2.24) is 9.59 Å². The highest BCUT2D eigenvalue weighted by molar-refractivity contribution is 7.05. The first kappa shape index (κ1) is 14.7. The zero-order valence-electron chi connectivity index (χ0n) is 12.7. The molecule has 1 aromatic carbocycles. The minimum absolute atomic E-state index is 0.0542. The summed E-state index contributed by atoms with van der Waals surface area (Å²) in [6.07, 6.45) is 4.72. The second kappa shape index (κ2) is 6.24. The molecule has 0 saturated heterocycles. The van der Waals surface area contributed by atoms with E-state index < -0.39 is 0 Å². The lowest BCUT2D eigenvalue weighted by Gasteiger charge is -2.27. The van der Waals surface area contributed by atoms with E-state index in [4.69, 9.17) is 5.73 Å². The first-order valence-electron chi connectivity index (χ1n) is 7.82. The summed E-state index contributed by atoms with van der Waals surface area (Å²) < 4.78 is 4.11. The standard InChI is InChI=1S/C17H23N3S/c1-11(2)16-17(21-20-19-16)15(18)10-13-8-5-7-12-6-3-4-9-14(12)13/h3-4,6,9,11,13,15H,5,7-8,10,18H2,1-2H3. The van der Waals surface area contributed by atoms with Gasteiger partial charge in [0.05, 0.1) is 10.6 Å². The van der Waals surface area contributed by atoms with E-state index in [0.29, 0.717) is 11.8 Å². The molecule has 2 N–H and O–H groups in total. The molecule has 2 atom stereocenters.